The van der Waals surface area contributed by atoms with Crippen molar-refractivity contribution in [2.24, 2.45) is 0 Å². The number of nitrogens with one attached hydrogen (secondary N) is 1. The minimum absolute atomic E-state index is 0.0461. The fourth-order valence-electron chi connectivity index (χ4n) is 4.05. The van der Waals surface area contributed by atoms with Gasteiger partial charge in [-0.15, -0.1) is 0 Å². The van der Waals surface area contributed by atoms with E-state index in [2.05, 4.69) is 5.32 Å². The molecule has 1 aliphatic carbocycles. The Balaban J connectivity index is 1.74. The van der Waals surface area contributed by atoms with Gasteiger partial charge in [0.15, 0.2) is 6.61 Å². The normalized spacial score (nSPS) is 14.7. The Morgan fingerprint density at radius 2 is 1.65 bits per heavy atom. The molecular weight excluding hydrogens is 439 g/mol. The van der Waals surface area contributed by atoms with Gasteiger partial charge < -0.3 is 24.4 Å². The van der Waals surface area contributed by atoms with E-state index in [9.17, 15) is 14.0 Å². The maximum absolute atomic E-state index is 14.4. The predicted molar refractivity (Wildman–Crippen MR) is 126 cm³/mol. The number of rotatable bonds is 10. The van der Waals surface area contributed by atoms with Gasteiger partial charge in [0, 0.05) is 36.3 Å². The summed E-state index contributed by atoms with van der Waals surface area (Å²) in [6.45, 7) is 1.28. The van der Waals surface area contributed by atoms with E-state index in [4.69, 9.17) is 14.2 Å². The zero-order chi connectivity index (χ0) is 24.5. The van der Waals surface area contributed by atoms with Crippen LogP contribution in [0.3, 0.4) is 0 Å². The first kappa shape index (κ1) is 25.3. The van der Waals surface area contributed by atoms with Gasteiger partial charge in [0.05, 0.1) is 14.2 Å². The van der Waals surface area contributed by atoms with Crippen molar-refractivity contribution in [1.82, 2.24) is 10.2 Å². The minimum atomic E-state index is -0.794. The molecule has 1 unspecified atom stereocenters. The standard InChI is InChI=1S/C26H33FN2O5/c1-18(26(31)28-20-10-5-4-6-11-20)29(16-19-9-7-8-12-24(19)27)25(30)17-34-23-14-21(32-2)13-22(15-23)33-3/h7-9,12-15,18,20H,4-6,10-11,16-17H2,1-3H3,(H,28,31). The van der Waals surface area contributed by atoms with Crippen molar-refractivity contribution in [1.29, 1.82) is 0 Å². The van der Waals surface area contributed by atoms with Gasteiger partial charge in [-0.3, -0.25) is 9.59 Å². The Labute approximate surface area is 200 Å². The number of halogens is 1. The highest BCUT2D eigenvalue weighted by atomic mass is 19.1. The molecule has 0 heterocycles. The van der Waals surface area contributed by atoms with Gasteiger partial charge in [-0.2, -0.15) is 0 Å². The highest BCUT2D eigenvalue weighted by Crippen LogP contribution is 2.27. The Kier molecular flexibility index (Phi) is 9.13. The fourth-order valence-corrected chi connectivity index (χ4v) is 4.05. The molecule has 8 heteroatoms. The van der Waals surface area contributed by atoms with E-state index in [-0.39, 0.29) is 25.1 Å². The van der Waals surface area contributed by atoms with E-state index in [1.165, 1.54) is 31.6 Å². The van der Waals surface area contributed by atoms with Crippen LogP contribution in [0.5, 0.6) is 17.2 Å². The third kappa shape index (κ3) is 6.85. The van der Waals surface area contributed by atoms with Crippen molar-refractivity contribution >= 4 is 11.8 Å². The largest absolute Gasteiger partial charge is 0.496 e. The predicted octanol–water partition coefficient (Wildman–Crippen LogP) is 4.09. The molecule has 2 aromatic rings. The maximum atomic E-state index is 14.4. The summed E-state index contributed by atoms with van der Waals surface area (Å²) in [6, 6.07) is 10.5. The summed E-state index contributed by atoms with van der Waals surface area (Å²) >= 11 is 0. The van der Waals surface area contributed by atoms with Crippen molar-refractivity contribution in [3.8, 4) is 17.2 Å². The summed E-state index contributed by atoms with van der Waals surface area (Å²) in [4.78, 5) is 27.6. The van der Waals surface area contributed by atoms with Gasteiger partial charge in [0.1, 0.15) is 29.1 Å². The molecule has 1 fully saturated rings. The zero-order valence-electron chi connectivity index (χ0n) is 20.0. The quantitative estimate of drug-likeness (QED) is 0.564. The fraction of sp³-hybridized carbons (Fsp3) is 0.462. The number of carbonyl (C=O) groups is 2. The molecular formula is C26H33FN2O5. The first-order chi connectivity index (χ1) is 16.4. The lowest BCUT2D eigenvalue weighted by Crippen LogP contribution is -2.51. The van der Waals surface area contributed by atoms with Crippen LogP contribution in [0.15, 0.2) is 42.5 Å². The van der Waals surface area contributed by atoms with Crippen LogP contribution in [0.4, 0.5) is 4.39 Å². The molecule has 0 aliphatic heterocycles. The summed E-state index contributed by atoms with van der Waals surface area (Å²) < 4.78 is 30.5. The summed E-state index contributed by atoms with van der Waals surface area (Å²) in [5.74, 6) is 0.305. The molecule has 3 rings (SSSR count). The molecule has 1 atom stereocenters. The Morgan fingerprint density at radius 3 is 2.26 bits per heavy atom. The SMILES string of the molecule is COc1cc(OC)cc(OCC(=O)N(Cc2ccccc2F)C(C)C(=O)NC2CCCCC2)c1. The van der Waals surface area contributed by atoms with E-state index in [1.807, 2.05) is 0 Å². The lowest BCUT2D eigenvalue weighted by molar-refractivity contribution is -0.142. The number of benzene rings is 2. The van der Waals surface area contributed by atoms with Gasteiger partial charge in [-0.05, 0) is 25.8 Å². The van der Waals surface area contributed by atoms with Crippen LogP contribution >= 0.6 is 0 Å². The Bertz CT molecular complexity index is 955. The Morgan fingerprint density at radius 1 is 1.03 bits per heavy atom. The van der Waals surface area contributed by atoms with Crippen molar-refractivity contribution in [3.05, 3.63) is 53.8 Å². The van der Waals surface area contributed by atoms with E-state index in [0.717, 1.165) is 25.7 Å². The monoisotopic (exact) mass is 472 g/mol. The summed E-state index contributed by atoms with van der Waals surface area (Å²) in [7, 11) is 3.04. The van der Waals surface area contributed by atoms with Crippen LogP contribution in [0.2, 0.25) is 0 Å². The minimum Gasteiger partial charge on any atom is -0.496 e. The molecule has 1 saturated carbocycles. The van der Waals surface area contributed by atoms with E-state index < -0.39 is 17.8 Å². The summed E-state index contributed by atoms with van der Waals surface area (Å²) in [5, 5.41) is 3.06. The lowest BCUT2D eigenvalue weighted by atomic mass is 9.95. The van der Waals surface area contributed by atoms with Gasteiger partial charge in [-0.1, -0.05) is 37.5 Å². The second kappa shape index (κ2) is 12.3. The number of amides is 2. The van der Waals surface area contributed by atoms with Crippen LogP contribution in [0.25, 0.3) is 0 Å². The third-order valence-electron chi connectivity index (χ3n) is 6.10. The van der Waals surface area contributed by atoms with Crippen LogP contribution in [0.1, 0.15) is 44.6 Å². The van der Waals surface area contributed by atoms with Crippen molar-refractivity contribution in [2.75, 3.05) is 20.8 Å². The second-order valence-electron chi connectivity index (χ2n) is 8.47. The van der Waals surface area contributed by atoms with Crippen LogP contribution in [-0.4, -0.2) is 49.6 Å². The van der Waals surface area contributed by atoms with E-state index >= 15 is 0 Å². The van der Waals surface area contributed by atoms with Gasteiger partial charge in [0.2, 0.25) is 5.91 Å². The molecule has 0 spiro atoms. The topological polar surface area (TPSA) is 77.1 Å². The first-order valence-corrected chi connectivity index (χ1v) is 11.6. The van der Waals surface area contributed by atoms with Gasteiger partial charge in [0.25, 0.3) is 5.91 Å². The molecule has 0 aromatic heterocycles. The molecule has 0 saturated heterocycles. The summed E-state index contributed by atoms with van der Waals surface area (Å²) in [5.41, 5.74) is 0.330. The number of methoxy groups -OCH3 is 2. The lowest BCUT2D eigenvalue weighted by Gasteiger charge is -2.31. The van der Waals surface area contributed by atoms with Crippen molar-refractivity contribution < 1.29 is 28.2 Å². The highest BCUT2D eigenvalue weighted by molar-refractivity contribution is 5.88. The number of carbonyl (C=O) groups excluding carboxylic acids is 2. The van der Waals surface area contributed by atoms with Gasteiger partial charge in [-0.25, -0.2) is 4.39 Å². The van der Waals surface area contributed by atoms with E-state index in [1.54, 1.807) is 43.3 Å². The highest BCUT2D eigenvalue weighted by Gasteiger charge is 2.29. The van der Waals surface area contributed by atoms with Crippen molar-refractivity contribution in [2.45, 2.75) is 57.7 Å². The molecule has 7 nitrogen and oxygen atoms in total. The molecule has 2 aromatic carbocycles. The third-order valence-corrected chi connectivity index (χ3v) is 6.10. The number of nitrogens with zero attached hydrogens (tertiary/aromatic N) is 1. The van der Waals surface area contributed by atoms with Gasteiger partial charge >= 0.3 is 0 Å². The first-order valence-electron chi connectivity index (χ1n) is 11.6. The van der Waals surface area contributed by atoms with Crippen LogP contribution < -0.4 is 19.5 Å². The number of hydrogen-bond donors (Lipinski definition) is 1. The molecule has 184 valence electrons. The smallest absolute Gasteiger partial charge is 0.261 e. The average molecular weight is 473 g/mol. The molecule has 0 bridgehead atoms. The van der Waals surface area contributed by atoms with E-state index in [0.29, 0.717) is 22.8 Å². The maximum Gasteiger partial charge on any atom is 0.261 e. The average Bonchev–Trinajstić information content (AvgIpc) is 2.86. The van der Waals surface area contributed by atoms with Crippen molar-refractivity contribution in [3.63, 3.8) is 0 Å². The van der Waals surface area contributed by atoms with Crippen LogP contribution in [-0.2, 0) is 16.1 Å². The molecule has 34 heavy (non-hydrogen) atoms. The second-order valence-corrected chi connectivity index (χ2v) is 8.47. The Hall–Kier alpha value is -3.29. The molecule has 2 amide bonds. The molecule has 1 aliphatic rings. The number of ether oxygens (including phenoxy) is 3. The molecule has 1 N–H and O–H groups in total. The molecule has 0 radical (unpaired) electrons. The zero-order valence-corrected chi connectivity index (χ0v) is 20.0. The number of hydrogen-bond acceptors (Lipinski definition) is 5. The summed E-state index contributed by atoms with van der Waals surface area (Å²) in [6.07, 6.45) is 5.19. The van der Waals surface area contributed by atoms with Crippen LogP contribution in [0, 0.1) is 5.82 Å².